The van der Waals surface area contributed by atoms with Crippen molar-refractivity contribution >= 4 is 45.9 Å². The number of aliphatic imine (C=N–C) groups is 1. The zero-order valence-electron chi connectivity index (χ0n) is 16.3. The largest absolute Gasteiger partial charge is 0.496 e. The predicted molar refractivity (Wildman–Crippen MR) is 124 cm³/mol. The van der Waals surface area contributed by atoms with E-state index in [0.717, 1.165) is 54.1 Å². The van der Waals surface area contributed by atoms with Crippen LogP contribution in [0.3, 0.4) is 0 Å². The Labute approximate surface area is 183 Å². The molecule has 7 heteroatoms. The minimum Gasteiger partial charge on any atom is -0.496 e. The van der Waals surface area contributed by atoms with Crippen LogP contribution in [0.25, 0.3) is 0 Å². The fraction of sp³-hybridized carbons (Fsp3) is 0.632. The smallest absolute Gasteiger partial charge is 0.191 e. The van der Waals surface area contributed by atoms with Gasteiger partial charge in [0, 0.05) is 29.7 Å². The summed E-state index contributed by atoms with van der Waals surface area (Å²) in [5.74, 6) is 1.62. The van der Waals surface area contributed by atoms with E-state index < -0.39 is 0 Å². The zero-order chi connectivity index (χ0) is 18.7. The molecule has 1 rings (SSSR count). The van der Waals surface area contributed by atoms with Crippen LogP contribution in [-0.4, -0.2) is 37.9 Å². The number of ether oxygens (including phenoxy) is 1. The highest BCUT2D eigenvalue weighted by Crippen LogP contribution is 2.29. The molecule has 5 nitrogen and oxygen atoms in total. The Bertz CT molecular complexity index is 552. The molecule has 0 atom stereocenters. The lowest BCUT2D eigenvalue weighted by Gasteiger charge is -2.32. The van der Waals surface area contributed by atoms with Crippen LogP contribution in [0.5, 0.6) is 5.75 Å². The summed E-state index contributed by atoms with van der Waals surface area (Å²) in [5, 5.41) is 16.1. The van der Waals surface area contributed by atoms with Gasteiger partial charge in [-0.15, -0.1) is 24.0 Å². The SMILES string of the molecule is CCNC(=NCc1cc(Br)ccc1OC)NCC(CC)(CC)CCO.I. The average molecular weight is 542 g/mol. The van der Waals surface area contributed by atoms with Crippen LogP contribution in [0.1, 0.15) is 45.6 Å². The van der Waals surface area contributed by atoms with Gasteiger partial charge in [-0.25, -0.2) is 4.99 Å². The fourth-order valence-electron chi connectivity index (χ4n) is 2.83. The second-order valence-electron chi connectivity index (χ2n) is 6.19. The van der Waals surface area contributed by atoms with Crippen molar-refractivity contribution in [2.75, 3.05) is 26.8 Å². The Morgan fingerprint density at radius 2 is 1.92 bits per heavy atom. The van der Waals surface area contributed by atoms with Crippen molar-refractivity contribution in [3.8, 4) is 5.75 Å². The lowest BCUT2D eigenvalue weighted by atomic mass is 9.79. The summed E-state index contributed by atoms with van der Waals surface area (Å²) >= 11 is 3.50. The van der Waals surface area contributed by atoms with Crippen molar-refractivity contribution in [1.29, 1.82) is 0 Å². The highest BCUT2D eigenvalue weighted by molar-refractivity contribution is 14.0. The summed E-state index contributed by atoms with van der Waals surface area (Å²) in [6, 6.07) is 5.93. The summed E-state index contributed by atoms with van der Waals surface area (Å²) < 4.78 is 6.42. The van der Waals surface area contributed by atoms with Crippen LogP contribution in [0.2, 0.25) is 0 Å². The molecule has 0 bridgehead atoms. The van der Waals surface area contributed by atoms with E-state index >= 15 is 0 Å². The van der Waals surface area contributed by atoms with Gasteiger partial charge in [0.15, 0.2) is 5.96 Å². The molecule has 0 radical (unpaired) electrons. The van der Waals surface area contributed by atoms with Crippen LogP contribution in [0, 0.1) is 5.41 Å². The number of nitrogens with zero attached hydrogens (tertiary/aromatic N) is 1. The average Bonchev–Trinajstić information content (AvgIpc) is 2.63. The Morgan fingerprint density at radius 3 is 2.46 bits per heavy atom. The van der Waals surface area contributed by atoms with Crippen molar-refractivity contribution in [3.05, 3.63) is 28.2 Å². The topological polar surface area (TPSA) is 65.9 Å². The summed E-state index contributed by atoms with van der Waals surface area (Å²) in [5.41, 5.74) is 1.12. The van der Waals surface area contributed by atoms with E-state index in [-0.39, 0.29) is 36.0 Å². The Balaban J connectivity index is 0.00000625. The van der Waals surface area contributed by atoms with Crippen molar-refractivity contribution in [2.45, 2.75) is 46.6 Å². The van der Waals surface area contributed by atoms with E-state index in [0.29, 0.717) is 6.54 Å². The lowest BCUT2D eigenvalue weighted by molar-refractivity contribution is 0.169. The molecule has 0 saturated carbocycles. The van der Waals surface area contributed by atoms with Crippen molar-refractivity contribution < 1.29 is 9.84 Å². The van der Waals surface area contributed by atoms with E-state index in [1.165, 1.54) is 0 Å². The first kappa shape index (κ1) is 25.5. The first-order valence-corrected chi connectivity index (χ1v) is 9.78. The highest BCUT2D eigenvalue weighted by Gasteiger charge is 2.25. The van der Waals surface area contributed by atoms with E-state index in [1.807, 2.05) is 18.2 Å². The molecule has 0 fully saturated rings. The molecular formula is C19H33BrIN3O2. The molecule has 3 N–H and O–H groups in total. The number of methoxy groups -OCH3 is 1. The Morgan fingerprint density at radius 1 is 1.23 bits per heavy atom. The fourth-order valence-corrected chi connectivity index (χ4v) is 3.24. The van der Waals surface area contributed by atoms with Gasteiger partial charge in [0.25, 0.3) is 0 Å². The quantitative estimate of drug-likeness (QED) is 0.234. The molecule has 0 spiro atoms. The van der Waals surface area contributed by atoms with Crippen molar-refractivity contribution in [1.82, 2.24) is 10.6 Å². The van der Waals surface area contributed by atoms with Gasteiger partial charge in [0.2, 0.25) is 0 Å². The molecule has 150 valence electrons. The number of aliphatic hydroxyl groups is 1. The van der Waals surface area contributed by atoms with Crippen molar-refractivity contribution in [2.24, 2.45) is 10.4 Å². The molecule has 1 aromatic rings. The normalized spacial score (nSPS) is 11.7. The molecule has 1 aromatic carbocycles. The predicted octanol–water partition coefficient (Wildman–Crippen LogP) is 4.32. The number of guanidine groups is 1. The number of hydrogen-bond acceptors (Lipinski definition) is 3. The van der Waals surface area contributed by atoms with Crippen molar-refractivity contribution in [3.63, 3.8) is 0 Å². The first-order valence-electron chi connectivity index (χ1n) is 8.99. The maximum absolute atomic E-state index is 9.38. The van der Waals surface area contributed by atoms with E-state index in [2.05, 4.69) is 47.3 Å². The number of rotatable bonds is 10. The maximum Gasteiger partial charge on any atom is 0.191 e. The van der Waals surface area contributed by atoms with Crippen LogP contribution < -0.4 is 15.4 Å². The number of nitrogens with one attached hydrogen (secondary N) is 2. The highest BCUT2D eigenvalue weighted by atomic mass is 127. The number of aliphatic hydroxyl groups excluding tert-OH is 1. The minimum atomic E-state index is 0. The van der Waals surface area contributed by atoms with Gasteiger partial charge in [0.05, 0.1) is 13.7 Å². The summed E-state index contributed by atoms with van der Waals surface area (Å²) in [4.78, 5) is 4.70. The molecular weight excluding hydrogens is 509 g/mol. The van der Waals surface area contributed by atoms with Gasteiger partial charge >= 0.3 is 0 Å². The van der Waals surface area contributed by atoms with Crippen LogP contribution in [-0.2, 0) is 6.54 Å². The number of halogens is 2. The molecule has 0 aromatic heterocycles. The zero-order valence-corrected chi connectivity index (χ0v) is 20.2. The third-order valence-electron chi connectivity index (χ3n) is 4.77. The van der Waals surface area contributed by atoms with Gasteiger partial charge in [-0.05, 0) is 49.8 Å². The summed E-state index contributed by atoms with van der Waals surface area (Å²) in [7, 11) is 1.67. The lowest BCUT2D eigenvalue weighted by Crippen LogP contribution is -2.43. The monoisotopic (exact) mass is 541 g/mol. The van der Waals surface area contributed by atoms with E-state index in [9.17, 15) is 5.11 Å². The van der Waals surface area contributed by atoms with Crippen LogP contribution in [0.4, 0.5) is 0 Å². The van der Waals surface area contributed by atoms with E-state index in [1.54, 1.807) is 7.11 Å². The first-order chi connectivity index (χ1) is 12.0. The molecule has 0 saturated heterocycles. The van der Waals surface area contributed by atoms with Crippen LogP contribution in [0.15, 0.2) is 27.7 Å². The molecule has 0 aliphatic carbocycles. The molecule has 0 unspecified atom stereocenters. The minimum absolute atomic E-state index is 0. The number of hydrogen-bond donors (Lipinski definition) is 3. The summed E-state index contributed by atoms with van der Waals surface area (Å²) in [6.45, 7) is 8.75. The Kier molecular flexibility index (Phi) is 13.3. The molecule has 0 aliphatic heterocycles. The van der Waals surface area contributed by atoms with Gasteiger partial charge in [-0.1, -0.05) is 29.8 Å². The second-order valence-corrected chi connectivity index (χ2v) is 7.10. The Hall–Kier alpha value is -0.540. The van der Waals surface area contributed by atoms with Gasteiger partial charge in [-0.2, -0.15) is 0 Å². The van der Waals surface area contributed by atoms with Crippen LogP contribution >= 0.6 is 39.9 Å². The molecule has 0 amide bonds. The standard InChI is InChI=1S/C19H32BrN3O2.HI/c1-5-19(6-2,10-11-24)14-23-18(21-7-3)22-13-15-12-16(20)8-9-17(15)25-4;/h8-9,12,24H,5-7,10-11,13-14H2,1-4H3,(H2,21,22,23);1H. The summed E-state index contributed by atoms with van der Waals surface area (Å²) in [6.07, 6.45) is 2.84. The molecule has 0 heterocycles. The van der Waals surface area contributed by atoms with Gasteiger partial charge in [-0.3, -0.25) is 0 Å². The second kappa shape index (κ2) is 13.6. The molecule has 0 aliphatic rings. The maximum atomic E-state index is 9.38. The third-order valence-corrected chi connectivity index (χ3v) is 5.26. The third kappa shape index (κ3) is 8.00. The molecule has 26 heavy (non-hydrogen) atoms. The van der Waals surface area contributed by atoms with Gasteiger partial charge < -0.3 is 20.5 Å². The number of benzene rings is 1. The van der Waals surface area contributed by atoms with Gasteiger partial charge in [0.1, 0.15) is 5.75 Å². The van der Waals surface area contributed by atoms with E-state index in [4.69, 9.17) is 9.73 Å².